The van der Waals surface area contributed by atoms with Crippen LogP contribution in [0.15, 0.2) is 48.5 Å². The first-order chi connectivity index (χ1) is 11.7. The zero-order chi connectivity index (χ0) is 16.5. The molecule has 4 nitrogen and oxygen atoms in total. The van der Waals surface area contributed by atoms with Crippen LogP contribution < -0.4 is 5.32 Å². The molecule has 0 saturated heterocycles. The first-order valence-corrected chi connectivity index (χ1v) is 8.52. The summed E-state index contributed by atoms with van der Waals surface area (Å²) in [6.07, 6.45) is 1.48. The largest absolute Gasteiger partial charge is 0.449 e. The Morgan fingerprint density at radius 2 is 1.67 bits per heavy atom. The van der Waals surface area contributed by atoms with Crippen LogP contribution in [0.3, 0.4) is 0 Å². The van der Waals surface area contributed by atoms with Crippen molar-refractivity contribution in [1.29, 1.82) is 0 Å². The van der Waals surface area contributed by atoms with Crippen molar-refractivity contribution in [3.63, 3.8) is 0 Å². The SMILES string of the molecule is O=C(N[C@H]1CC[C@@H](O)C1)OCC1c2ccccc2-c2ccccc21. The highest BCUT2D eigenvalue weighted by Crippen LogP contribution is 2.44. The summed E-state index contributed by atoms with van der Waals surface area (Å²) < 4.78 is 5.51. The molecule has 2 aliphatic rings. The van der Waals surface area contributed by atoms with Crippen molar-refractivity contribution in [2.24, 2.45) is 0 Å². The van der Waals surface area contributed by atoms with E-state index >= 15 is 0 Å². The van der Waals surface area contributed by atoms with Crippen LogP contribution in [0, 0.1) is 0 Å². The third kappa shape index (κ3) is 2.78. The second kappa shape index (κ2) is 6.29. The molecule has 24 heavy (non-hydrogen) atoms. The predicted octanol–water partition coefficient (Wildman–Crippen LogP) is 3.44. The van der Waals surface area contributed by atoms with Crippen molar-refractivity contribution in [3.05, 3.63) is 59.7 Å². The van der Waals surface area contributed by atoms with Gasteiger partial charge in [0.15, 0.2) is 0 Å². The van der Waals surface area contributed by atoms with E-state index in [1.807, 2.05) is 24.3 Å². The van der Waals surface area contributed by atoms with E-state index < -0.39 is 6.09 Å². The Balaban J connectivity index is 1.46. The molecule has 2 atom stereocenters. The molecule has 0 radical (unpaired) electrons. The number of alkyl carbamates (subject to hydrolysis) is 1. The molecule has 124 valence electrons. The van der Waals surface area contributed by atoms with Gasteiger partial charge in [0.25, 0.3) is 0 Å². The quantitative estimate of drug-likeness (QED) is 0.910. The summed E-state index contributed by atoms with van der Waals surface area (Å²) in [5, 5.41) is 12.4. The standard InChI is InChI=1S/C20H21NO3/c22-14-10-9-13(11-14)21-20(23)24-12-19-17-7-3-1-5-15(17)16-6-2-4-8-18(16)19/h1-8,13-14,19,22H,9-12H2,(H,21,23)/t13-,14+/m0/s1. The molecule has 0 heterocycles. The predicted molar refractivity (Wildman–Crippen MR) is 91.9 cm³/mol. The minimum Gasteiger partial charge on any atom is -0.449 e. The average Bonchev–Trinajstić information content (AvgIpc) is 3.14. The Labute approximate surface area is 141 Å². The van der Waals surface area contributed by atoms with E-state index in [9.17, 15) is 9.90 Å². The molecule has 1 amide bonds. The second-order valence-corrected chi connectivity index (χ2v) is 6.63. The van der Waals surface area contributed by atoms with Crippen LogP contribution in [0.5, 0.6) is 0 Å². The van der Waals surface area contributed by atoms with Gasteiger partial charge >= 0.3 is 6.09 Å². The lowest BCUT2D eigenvalue weighted by Crippen LogP contribution is -2.34. The summed E-state index contributed by atoms with van der Waals surface area (Å²) in [6, 6.07) is 16.6. The normalized spacial score (nSPS) is 22.0. The monoisotopic (exact) mass is 323 g/mol. The fraction of sp³-hybridized carbons (Fsp3) is 0.350. The van der Waals surface area contributed by atoms with Gasteiger partial charge in [-0.3, -0.25) is 0 Å². The Morgan fingerprint density at radius 3 is 2.25 bits per heavy atom. The number of aliphatic hydroxyl groups excluding tert-OH is 1. The molecule has 2 aromatic carbocycles. The zero-order valence-corrected chi connectivity index (χ0v) is 13.4. The summed E-state index contributed by atoms with van der Waals surface area (Å²) in [5.74, 6) is 0.0809. The number of aliphatic hydroxyl groups is 1. The molecular formula is C20H21NO3. The maximum Gasteiger partial charge on any atom is 0.407 e. The van der Waals surface area contributed by atoms with Gasteiger partial charge in [-0.25, -0.2) is 4.79 Å². The van der Waals surface area contributed by atoms with Crippen LogP contribution in [-0.2, 0) is 4.74 Å². The zero-order valence-electron chi connectivity index (χ0n) is 13.4. The summed E-state index contributed by atoms with van der Waals surface area (Å²) >= 11 is 0. The van der Waals surface area contributed by atoms with E-state index in [4.69, 9.17) is 4.74 Å². The van der Waals surface area contributed by atoms with Crippen LogP contribution in [0.4, 0.5) is 4.79 Å². The van der Waals surface area contributed by atoms with Gasteiger partial charge in [0.05, 0.1) is 6.10 Å². The Hall–Kier alpha value is -2.33. The summed E-state index contributed by atoms with van der Waals surface area (Å²) in [5.41, 5.74) is 4.87. The topological polar surface area (TPSA) is 58.6 Å². The minimum atomic E-state index is -0.393. The smallest absolute Gasteiger partial charge is 0.407 e. The van der Waals surface area contributed by atoms with Crippen molar-refractivity contribution < 1.29 is 14.6 Å². The highest BCUT2D eigenvalue weighted by Gasteiger charge is 2.30. The number of fused-ring (bicyclic) bond motifs is 3. The molecule has 1 fully saturated rings. The van der Waals surface area contributed by atoms with Crippen LogP contribution >= 0.6 is 0 Å². The number of amides is 1. The Morgan fingerprint density at radius 1 is 1.04 bits per heavy atom. The van der Waals surface area contributed by atoms with E-state index in [1.54, 1.807) is 0 Å². The number of hydrogen-bond acceptors (Lipinski definition) is 3. The highest BCUT2D eigenvalue weighted by molar-refractivity contribution is 5.79. The first kappa shape index (κ1) is 15.2. The van der Waals surface area contributed by atoms with Gasteiger partial charge in [0.1, 0.15) is 6.61 Å². The van der Waals surface area contributed by atoms with Crippen molar-refractivity contribution in [2.45, 2.75) is 37.3 Å². The number of ether oxygens (including phenoxy) is 1. The molecule has 0 unspecified atom stereocenters. The summed E-state index contributed by atoms with van der Waals surface area (Å²) in [7, 11) is 0. The van der Waals surface area contributed by atoms with Crippen LogP contribution in [0.25, 0.3) is 11.1 Å². The number of carbonyl (C=O) groups excluding carboxylic acids is 1. The van der Waals surface area contributed by atoms with E-state index in [0.29, 0.717) is 13.0 Å². The first-order valence-electron chi connectivity index (χ1n) is 8.52. The number of hydrogen-bond donors (Lipinski definition) is 2. The molecule has 0 aliphatic heterocycles. The summed E-state index contributed by atoms with van der Waals surface area (Å²) in [4.78, 5) is 12.1. The molecule has 4 heteroatoms. The van der Waals surface area contributed by atoms with Gasteiger partial charge in [-0.15, -0.1) is 0 Å². The molecule has 2 aromatic rings. The third-order valence-electron chi connectivity index (χ3n) is 5.07. The van der Waals surface area contributed by atoms with E-state index in [0.717, 1.165) is 12.8 Å². The molecule has 0 spiro atoms. The molecule has 1 saturated carbocycles. The number of carbonyl (C=O) groups is 1. The fourth-order valence-electron chi connectivity index (χ4n) is 3.90. The van der Waals surface area contributed by atoms with Crippen LogP contribution in [0.2, 0.25) is 0 Å². The minimum absolute atomic E-state index is 0.0238. The van der Waals surface area contributed by atoms with Crippen molar-refractivity contribution in [2.75, 3.05) is 6.61 Å². The number of nitrogens with one attached hydrogen (secondary N) is 1. The van der Waals surface area contributed by atoms with Gasteiger partial charge in [0.2, 0.25) is 0 Å². The molecule has 2 aliphatic carbocycles. The lowest BCUT2D eigenvalue weighted by molar-refractivity contribution is 0.137. The second-order valence-electron chi connectivity index (χ2n) is 6.63. The van der Waals surface area contributed by atoms with Gasteiger partial charge in [-0.1, -0.05) is 48.5 Å². The maximum absolute atomic E-state index is 12.1. The third-order valence-corrected chi connectivity index (χ3v) is 5.07. The Bertz CT molecular complexity index is 713. The number of rotatable bonds is 3. The molecular weight excluding hydrogens is 302 g/mol. The van der Waals surface area contributed by atoms with Crippen LogP contribution in [0.1, 0.15) is 36.3 Å². The molecule has 2 N–H and O–H groups in total. The van der Waals surface area contributed by atoms with Gasteiger partial charge in [0, 0.05) is 12.0 Å². The van der Waals surface area contributed by atoms with Gasteiger partial charge < -0.3 is 15.2 Å². The van der Waals surface area contributed by atoms with Crippen molar-refractivity contribution >= 4 is 6.09 Å². The van der Waals surface area contributed by atoms with Crippen molar-refractivity contribution in [3.8, 4) is 11.1 Å². The van der Waals surface area contributed by atoms with E-state index in [2.05, 4.69) is 29.6 Å². The maximum atomic E-state index is 12.1. The van der Waals surface area contributed by atoms with E-state index in [1.165, 1.54) is 22.3 Å². The highest BCUT2D eigenvalue weighted by atomic mass is 16.5. The average molecular weight is 323 g/mol. The Kier molecular flexibility index (Phi) is 3.98. The summed E-state index contributed by atoms with van der Waals surface area (Å²) in [6.45, 7) is 0.329. The molecule has 4 rings (SSSR count). The molecule has 0 bridgehead atoms. The van der Waals surface area contributed by atoms with Gasteiger partial charge in [-0.05, 0) is 41.5 Å². The number of benzene rings is 2. The lowest BCUT2D eigenvalue weighted by Gasteiger charge is -2.16. The lowest BCUT2D eigenvalue weighted by atomic mass is 9.98. The fourth-order valence-corrected chi connectivity index (χ4v) is 3.90. The van der Waals surface area contributed by atoms with E-state index in [-0.39, 0.29) is 18.1 Å². The molecule has 0 aromatic heterocycles. The van der Waals surface area contributed by atoms with Crippen molar-refractivity contribution in [1.82, 2.24) is 5.32 Å². The van der Waals surface area contributed by atoms with Gasteiger partial charge in [-0.2, -0.15) is 0 Å². The van der Waals surface area contributed by atoms with Crippen LogP contribution in [-0.4, -0.2) is 30.0 Å².